The second kappa shape index (κ2) is 8.00. The summed E-state index contributed by atoms with van der Waals surface area (Å²) in [6.45, 7) is 2.01. The van der Waals surface area contributed by atoms with Crippen molar-refractivity contribution in [2.24, 2.45) is 0 Å². The van der Waals surface area contributed by atoms with Crippen LogP contribution < -0.4 is 5.32 Å². The van der Waals surface area contributed by atoms with E-state index in [9.17, 15) is 9.59 Å². The van der Waals surface area contributed by atoms with Crippen molar-refractivity contribution in [3.63, 3.8) is 0 Å². The maximum Gasteiger partial charge on any atom is 0.255 e. The second-order valence-corrected chi connectivity index (χ2v) is 6.66. The molecule has 1 aliphatic rings. The van der Waals surface area contributed by atoms with Crippen LogP contribution in [0.3, 0.4) is 0 Å². The summed E-state index contributed by atoms with van der Waals surface area (Å²) in [5, 5.41) is 2.92. The van der Waals surface area contributed by atoms with Gasteiger partial charge in [-0.3, -0.25) is 9.59 Å². The normalized spacial score (nSPS) is 14.5. The first kappa shape index (κ1) is 17.9. The number of carbonyl (C=O) groups is 2. The van der Waals surface area contributed by atoms with Gasteiger partial charge in [0, 0.05) is 23.9 Å². The maximum absolute atomic E-state index is 12.6. The molecule has 1 aliphatic carbocycles. The predicted molar refractivity (Wildman–Crippen MR) is 104 cm³/mol. The lowest BCUT2D eigenvalue weighted by Crippen LogP contribution is -2.30. The smallest absolute Gasteiger partial charge is 0.255 e. The van der Waals surface area contributed by atoms with Crippen molar-refractivity contribution in [3.05, 3.63) is 77.4 Å². The molecule has 0 aromatic heterocycles. The number of benzene rings is 2. The first-order valence-corrected chi connectivity index (χ1v) is 8.99. The molecular weight excluding hydrogens is 324 g/mol. The number of hydrogen-bond acceptors (Lipinski definition) is 2. The van der Waals surface area contributed by atoms with E-state index < -0.39 is 0 Å². The Kier molecular flexibility index (Phi) is 5.52. The molecule has 0 heterocycles. The van der Waals surface area contributed by atoms with E-state index in [1.54, 1.807) is 17.0 Å². The lowest BCUT2D eigenvalue weighted by atomic mass is 10.0. The lowest BCUT2D eigenvalue weighted by Gasteiger charge is -2.26. The molecule has 1 N–H and O–H groups in total. The molecule has 0 unspecified atom stereocenters. The quantitative estimate of drug-likeness (QED) is 0.860. The molecule has 0 aliphatic heterocycles. The molecule has 3 rings (SSSR count). The van der Waals surface area contributed by atoms with E-state index in [-0.39, 0.29) is 17.9 Å². The summed E-state index contributed by atoms with van der Waals surface area (Å²) in [7, 11) is 1.83. The number of nitrogens with one attached hydrogen (secondary N) is 1. The molecule has 0 radical (unpaired) electrons. The molecule has 2 aromatic rings. The number of amides is 2. The van der Waals surface area contributed by atoms with Gasteiger partial charge in [-0.1, -0.05) is 36.4 Å². The Morgan fingerprint density at radius 2 is 1.85 bits per heavy atom. The van der Waals surface area contributed by atoms with Crippen LogP contribution in [-0.4, -0.2) is 23.8 Å². The van der Waals surface area contributed by atoms with Crippen molar-refractivity contribution in [1.82, 2.24) is 4.90 Å². The summed E-state index contributed by atoms with van der Waals surface area (Å²) >= 11 is 0. The van der Waals surface area contributed by atoms with Gasteiger partial charge in [-0.05, 0) is 56.0 Å². The number of allylic oxidation sites excluding steroid dienone is 1. The molecule has 2 amide bonds. The minimum atomic E-state index is -0.143. The predicted octanol–water partition coefficient (Wildman–Crippen LogP) is 4.57. The van der Waals surface area contributed by atoms with Crippen LogP contribution in [0.5, 0.6) is 0 Å². The summed E-state index contributed by atoms with van der Waals surface area (Å²) in [5.74, 6) is -0.0512. The Morgan fingerprint density at radius 3 is 2.54 bits per heavy atom. The Morgan fingerprint density at radius 1 is 1.08 bits per heavy atom. The highest BCUT2D eigenvalue weighted by Crippen LogP contribution is 2.26. The van der Waals surface area contributed by atoms with E-state index in [0.717, 1.165) is 36.1 Å². The minimum absolute atomic E-state index is 0.0717. The average Bonchev–Trinajstić information content (AvgIpc) is 3.22. The minimum Gasteiger partial charge on any atom is -0.335 e. The van der Waals surface area contributed by atoms with Gasteiger partial charge in [0.1, 0.15) is 0 Å². The SMILES string of the molecule is C[C@H](c1cccc(NC(=O)c2ccccc2)c1)N(C)C(=O)C1=CCCC1. The van der Waals surface area contributed by atoms with Gasteiger partial charge in [0.2, 0.25) is 5.91 Å². The van der Waals surface area contributed by atoms with Crippen LogP contribution in [0.4, 0.5) is 5.69 Å². The van der Waals surface area contributed by atoms with Gasteiger partial charge in [-0.15, -0.1) is 0 Å². The Labute approximate surface area is 154 Å². The van der Waals surface area contributed by atoms with Crippen molar-refractivity contribution in [2.75, 3.05) is 12.4 Å². The van der Waals surface area contributed by atoms with Crippen molar-refractivity contribution in [1.29, 1.82) is 0 Å². The number of rotatable bonds is 5. The van der Waals surface area contributed by atoms with Gasteiger partial charge in [0.05, 0.1) is 6.04 Å². The monoisotopic (exact) mass is 348 g/mol. The standard InChI is InChI=1S/C22H24N2O2/c1-16(24(2)22(26)18-11-6-7-12-18)19-13-8-14-20(15-19)23-21(25)17-9-4-3-5-10-17/h3-5,8-11,13-16H,6-7,12H2,1-2H3,(H,23,25)/t16-/m1/s1. The Balaban J connectivity index is 1.72. The number of likely N-dealkylation sites (N-methyl/N-ethyl adjacent to an activating group) is 1. The van der Waals surface area contributed by atoms with Crippen LogP contribution in [0.25, 0.3) is 0 Å². The lowest BCUT2D eigenvalue weighted by molar-refractivity contribution is -0.127. The molecule has 0 spiro atoms. The molecule has 4 nitrogen and oxygen atoms in total. The summed E-state index contributed by atoms with van der Waals surface area (Å²) in [4.78, 5) is 26.7. The summed E-state index contributed by atoms with van der Waals surface area (Å²) < 4.78 is 0. The zero-order valence-corrected chi connectivity index (χ0v) is 15.2. The van der Waals surface area contributed by atoms with Crippen LogP contribution in [-0.2, 0) is 4.79 Å². The number of carbonyl (C=O) groups excluding carboxylic acids is 2. The highest BCUT2D eigenvalue weighted by Gasteiger charge is 2.22. The molecule has 0 bridgehead atoms. The molecule has 26 heavy (non-hydrogen) atoms. The van der Waals surface area contributed by atoms with E-state index >= 15 is 0 Å². The molecule has 1 atom stereocenters. The van der Waals surface area contributed by atoms with E-state index in [1.165, 1.54) is 0 Å². The molecular formula is C22H24N2O2. The van der Waals surface area contributed by atoms with E-state index in [0.29, 0.717) is 5.56 Å². The highest BCUT2D eigenvalue weighted by atomic mass is 16.2. The van der Waals surface area contributed by atoms with Crippen LogP contribution in [0.15, 0.2) is 66.2 Å². The van der Waals surface area contributed by atoms with Crippen LogP contribution in [0, 0.1) is 0 Å². The molecule has 4 heteroatoms. The number of anilines is 1. The zero-order chi connectivity index (χ0) is 18.5. The Hall–Kier alpha value is -2.88. The molecule has 0 saturated carbocycles. The van der Waals surface area contributed by atoms with Crippen LogP contribution in [0.1, 0.15) is 48.1 Å². The number of hydrogen-bond donors (Lipinski definition) is 1. The third kappa shape index (κ3) is 4.02. The van der Waals surface area contributed by atoms with Crippen LogP contribution in [0.2, 0.25) is 0 Å². The van der Waals surface area contributed by atoms with Gasteiger partial charge >= 0.3 is 0 Å². The second-order valence-electron chi connectivity index (χ2n) is 6.66. The maximum atomic E-state index is 12.6. The first-order chi connectivity index (χ1) is 12.6. The third-order valence-corrected chi connectivity index (χ3v) is 4.88. The van der Waals surface area contributed by atoms with Crippen molar-refractivity contribution in [2.45, 2.75) is 32.2 Å². The highest BCUT2D eigenvalue weighted by molar-refractivity contribution is 6.04. The van der Waals surface area contributed by atoms with Gasteiger partial charge < -0.3 is 10.2 Å². The fraction of sp³-hybridized carbons (Fsp3) is 0.273. The van der Waals surface area contributed by atoms with E-state index in [4.69, 9.17) is 0 Å². The molecule has 0 saturated heterocycles. The molecule has 0 fully saturated rings. The molecule has 2 aromatic carbocycles. The topological polar surface area (TPSA) is 49.4 Å². The van der Waals surface area contributed by atoms with Gasteiger partial charge in [0.25, 0.3) is 5.91 Å². The van der Waals surface area contributed by atoms with Gasteiger partial charge in [0.15, 0.2) is 0 Å². The number of nitrogens with zero attached hydrogens (tertiary/aromatic N) is 1. The summed E-state index contributed by atoms with van der Waals surface area (Å²) in [6.07, 6.45) is 4.96. The summed E-state index contributed by atoms with van der Waals surface area (Å²) in [5.41, 5.74) is 3.24. The fourth-order valence-electron chi connectivity index (χ4n) is 3.16. The largest absolute Gasteiger partial charge is 0.335 e. The van der Waals surface area contributed by atoms with Gasteiger partial charge in [-0.2, -0.15) is 0 Å². The van der Waals surface area contributed by atoms with Crippen molar-refractivity contribution in [3.8, 4) is 0 Å². The molecule has 134 valence electrons. The first-order valence-electron chi connectivity index (χ1n) is 8.99. The van der Waals surface area contributed by atoms with Crippen LogP contribution >= 0.6 is 0 Å². The van der Waals surface area contributed by atoms with Crippen molar-refractivity contribution < 1.29 is 9.59 Å². The van der Waals surface area contributed by atoms with E-state index in [2.05, 4.69) is 5.32 Å². The average molecular weight is 348 g/mol. The van der Waals surface area contributed by atoms with E-state index in [1.807, 2.05) is 62.5 Å². The zero-order valence-electron chi connectivity index (χ0n) is 15.2. The summed E-state index contributed by atoms with van der Waals surface area (Å²) in [6, 6.07) is 16.7. The Bertz CT molecular complexity index is 827. The van der Waals surface area contributed by atoms with Gasteiger partial charge in [-0.25, -0.2) is 0 Å². The fourth-order valence-corrected chi connectivity index (χ4v) is 3.16. The van der Waals surface area contributed by atoms with Crippen molar-refractivity contribution >= 4 is 17.5 Å². The third-order valence-electron chi connectivity index (χ3n) is 4.88.